The maximum atomic E-state index is 12.1. The molecule has 3 nitrogen and oxygen atoms in total. The number of likely N-dealkylation sites (N-methyl/N-ethyl adjacent to an activating group) is 1. The van der Waals surface area contributed by atoms with Crippen LogP contribution in [0.2, 0.25) is 0 Å². The molecule has 0 heterocycles. The fourth-order valence-corrected chi connectivity index (χ4v) is 1.08. The maximum absolute atomic E-state index is 12.1. The molecule has 0 aromatic heterocycles. The van der Waals surface area contributed by atoms with Crippen LogP contribution < -0.4 is 5.32 Å². The maximum Gasteiger partial charge on any atom is 0.423 e. The summed E-state index contributed by atoms with van der Waals surface area (Å²) in [6.07, 6.45) is -15.0. The number of ether oxygens (including phenoxy) is 1. The average molecular weight is 283 g/mol. The third kappa shape index (κ3) is 6.41. The quantitative estimate of drug-likeness (QED) is 0.731. The molecule has 1 unspecified atom stereocenters. The summed E-state index contributed by atoms with van der Waals surface area (Å²) in [4.78, 5) is 0. The second-order valence-electron chi connectivity index (χ2n) is 4.05. The van der Waals surface area contributed by atoms with Gasteiger partial charge in [0.15, 0.2) is 0 Å². The zero-order valence-corrected chi connectivity index (χ0v) is 9.82. The minimum Gasteiger partial charge on any atom is -0.386 e. The summed E-state index contributed by atoms with van der Waals surface area (Å²) in [5.74, 6) is 0. The molecule has 0 spiro atoms. The third-order valence-electron chi connectivity index (χ3n) is 1.91. The lowest BCUT2D eigenvalue weighted by molar-refractivity contribution is -0.327. The van der Waals surface area contributed by atoms with Crippen LogP contribution >= 0.6 is 0 Å². The fraction of sp³-hybridized carbons (Fsp3) is 1.00. The van der Waals surface area contributed by atoms with Crippen LogP contribution in [0.1, 0.15) is 13.8 Å². The van der Waals surface area contributed by atoms with Crippen molar-refractivity contribution in [3.8, 4) is 0 Å². The smallest absolute Gasteiger partial charge is 0.386 e. The molecule has 0 radical (unpaired) electrons. The van der Waals surface area contributed by atoms with E-state index in [2.05, 4.69) is 10.1 Å². The van der Waals surface area contributed by atoms with Crippen LogP contribution in [0.4, 0.5) is 26.3 Å². The zero-order valence-electron chi connectivity index (χ0n) is 9.82. The molecule has 9 heteroatoms. The summed E-state index contributed by atoms with van der Waals surface area (Å²) in [5, 5.41) is 12.1. The van der Waals surface area contributed by atoms with E-state index in [0.29, 0.717) is 6.54 Å². The van der Waals surface area contributed by atoms with Crippen LogP contribution in [-0.2, 0) is 4.74 Å². The summed E-state index contributed by atoms with van der Waals surface area (Å²) >= 11 is 0. The van der Waals surface area contributed by atoms with E-state index >= 15 is 0 Å². The minimum atomic E-state index is -5.56. The van der Waals surface area contributed by atoms with Gasteiger partial charge >= 0.3 is 12.4 Å². The van der Waals surface area contributed by atoms with Crippen LogP contribution in [0.25, 0.3) is 0 Å². The number of aliphatic hydroxyl groups is 1. The van der Waals surface area contributed by atoms with Gasteiger partial charge in [0.25, 0.3) is 0 Å². The normalized spacial score (nSPS) is 17.0. The molecule has 0 saturated carbocycles. The van der Waals surface area contributed by atoms with E-state index in [4.69, 9.17) is 0 Å². The van der Waals surface area contributed by atoms with Crippen LogP contribution in [0.5, 0.6) is 0 Å². The standard InChI is InChI=1S/C9H15F6NO2/c1-3-16-4-7(2,17)5-18-6(8(10,11)12)9(13,14)15/h6,16-17H,3-5H2,1-2H3. The van der Waals surface area contributed by atoms with Crippen molar-refractivity contribution in [1.29, 1.82) is 0 Å². The van der Waals surface area contributed by atoms with Crippen molar-refractivity contribution in [2.45, 2.75) is 37.9 Å². The lowest BCUT2D eigenvalue weighted by Gasteiger charge is -2.28. The molecule has 0 aliphatic heterocycles. The summed E-state index contributed by atoms with van der Waals surface area (Å²) in [7, 11) is 0. The number of hydrogen-bond donors (Lipinski definition) is 2. The first-order chi connectivity index (χ1) is 7.90. The summed E-state index contributed by atoms with van der Waals surface area (Å²) < 4.78 is 76.4. The molecular weight excluding hydrogens is 268 g/mol. The van der Waals surface area contributed by atoms with Gasteiger partial charge in [0.1, 0.15) is 0 Å². The highest BCUT2D eigenvalue weighted by molar-refractivity contribution is 4.80. The van der Waals surface area contributed by atoms with Gasteiger partial charge in [0, 0.05) is 6.54 Å². The largest absolute Gasteiger partial charge is 0.423 e. The van der Waals surface area contributed by atoms with Crippen LogP contribution in [0.3, 0.4) is 0 Å². The molecule has 1 atom stereocenters. The summed E-state index contributed by atoms with van der Waals surface area (Å²) in [5.41, 5.74) is -1.81. The first-order valence-corrected chi connectivity index (χ1v) is 5.08. The summed E-state index contributed by atoms with van der Waals surface area (Å²) in [6, 6.07) is 0. The van der Waals surface area contributed by atoms with Crippen LogP contribution in [0.15, 0.2) is 0 Å². The van der Waals surface area contributed by atoms with E-state index in [1.54, 1.807) is 6.92 Å². The van der Waals surface area contributed by atoms with Crippen molar-refractivity contribution in [3.63, 3.8) is 0 Å². The Morgan fingerprint density at radius 2 is 1.56 bits per heavy atom. The predicted octanol–water partition coefficient (Wildman–Crippen LogP) is 1.86. The van der Waals surface area contributed by atoms with Gasteiger partial charge in [0.05, 0.1) is 12.2 Å². The van der Waals surface area contributed by atoms with E-state index in [0.717, 1.165) is 6.92 Å². The first kappa shape index (κ1) is 17.5. The van der Waals surface area contributed by atoms with Gasteiger partial charge in [-0.15, -0.1) is 0 Å². The molecule has 0 aromatic rings. The van der Waals surface area contributed by atoms with Crippen LogP contribution in [-0.4, -0.2) is 48.9 Å². The van der Waals surface area contributed by atoms with Crippen LogP contribution in [0, 0.1) is 0 Å². The van der Waals surface area contributed by atoms with Gasteiger partial charge in [-0.05, 0) is 13.5 Å². The number of rotatable bonds is 6. The van der Waals surface area contributed by atoms with Gasteiger partial charge in [-0.25, -0.2) is 0 Å². The molecule has 0 rings (SSSR count). The Balaban J connectivity index is 4.54. The number of nitrogens with one attached hydrogen (secondary N) is 1. The van der Waals surface area contributed by atoms with Crippen molar-refractivity contribution in [2.24, 2.45) is 0 Å². The molecule has 110 valence electrons. The highest BCUT2D eigenvalue weighted by atomic mass is 19.4. The Hall–Kier alpha value is -0.540. The number of alkyl halides is 6. The molecule has 0 amide bonds. The molecular formula is C9H15F6NO2. The van der Waals surface area contributed by atoms with Gasteiger partial charge in [0.2, 0.25) is 6.10 Å². The zero-order chi connectivity index (χ0) is 14.6. The Labute approximate surface area is 100 Å². The molecule has 0 saturated heterocycles. The van der Waals surface area contributed by atoms with Crippen molar-refractivity contribution < 1.29 is 36.2 Å². The fourth-order valence-electron chi connectivity index (χ4n) is 1.08. The lowest BCUT2D eigenvalue weighted by Crippen LogP contribution is -2.49. The molecule has 0 aromatic carbocycles. The monoisotopic (exact) mass is 283 g/mol. The highest BCUT2D eigenvalue weighted by Crippen LogP contribution is 2.36. The predicted molar refractivity (Wildman–Crippen MR) is 51.0 cm³/mol. The highest BCUT2D eigenvalue weighted by Gasteiger charge is 2.58. The molecule has 0 fully saturated rings. The molecule has 0 aliphatic carbocycles. The molecule has 0 aliphatic rings. The lowest BCUT2D eigenvalue weighted by atomic mass is 10.1. The second kappa shape index (κ2) is 6.07. The average Bonchev–Trinajstić information content (AvgIpc) is 2.10. The van der Waals surface area contributed by atoms with Gasteiger partial charge in [-0.3, -0.25) is 0 Å². The molecule has 0 bridgehead atoms. The summed E-state index contributed by atoms with van der Waals surface area (Å²) in [6.45, 7) is 1.92. The Morgan fingerprint density at radius 3 is 1.89 bits per heavy atom. The van der Waals surface area contributed by atoms with Crippen molar-refractivity contribution in [1.82, 2.24) is 5.32 Å². The van der Waals surface area contributed by atoms with E-state index in [-0.39, 0.29) is 6.54 Å². The van der Waals surface area contributed by atoms with E-state index in [9.17, 15) is 31.4 Å². The second-order valence-corrected chi connectivity index (χ2v) is 4.05. The Morgan fingerprint density at radius 1 is 1.11 bits per heavy atom. The minimum absolute atomic E-state index is 0.175. The van der Waals surface area contributed by atoms with E-state index < -0.39 is 30.7 Å². The van der Waals surface area contributed by atoms with Gasteiger partial charge in [-0.1, -0.05) is 6.92 Å². The molecule has 2 N–H and O–H groups in total. The van der Waals surface area contributed by atoms with Gasteiger partial charge < -0.3 is 15.2 Å². The Kier molecular flexibility index (Phi) is 5.89. The topological polar surface area (TPSA) is 41.5 Å². The van der Waals surface area contributed by atoms with E-state index in [1.807, 2.05) is 0 Å². The molecule has 18 heavy (non-hydrogen) atoms. The number of halogens is 6. The number of hydrogen-bond acceptors (Lipinski definition) is 3. The Bertz CT molecular complexity index is 236. The third-order valence-corrected chi connectivity index (χ3v) is 1.91. The van der Waals surface area contributed by atoms with Crippen molar-refractivity contribution >= 4 is 0 Å². The SMILES string of the molecule is CCNCC(C)(O)COC(C(F)(F)F)C(F)(F)F. The van der Waals surface area contributed by atoms with E-state index in [1.165, 1.54) is 0 Å². The van der Waals surface area contributed by atoms with Crippen molar-refractivity contribution in [3.05, 3.63) is 0 Å². The van der Waals surface area contributed by atoms with Crippen molar-refractivity contribution in [2.75, 3.05) is 19.7 Å². The first-order valence-electron chi connectivity index (χ1n) is 5.08. The van der Waals surface area contributed by atoms with Gasteiger partial charge in [-0.2, -0.15) is 26.3 Å².